The minimum atomic E-state index is -2.02. The quantitative estimate of drug-likeness (QED) is 0.0923. The van der Waals surface area contributed by atoms with Crippen molar-refractivity contribution in [3.05, 3.63) is 12.7 Å². The SMILES string of the molecule is C=CC(=O)OCC(O)COC[Si](C)(C)O[SiH2]O[Si](C)(C)C[SiH2]O[Si](C)(C)CCCCCCCC. The van der Waals surface area contributed by atoms with Gasteiger partial charge in [0.15, 0.2) is 16.6 Å². The van der Waals surface area contributed by atoms with E-state index in [0.29, 0.717) is 6.23 Å². The highest BCUT2D eigenvalue weighted by atomic mass is 28.4. The molecule has 0 amide bonds. The number of aliphatic hydroxyl groups is 1. The topological polar surface area (TPSA) is 83.5 Å². The van der Waals surface area contributed by atoms with Crippen LogP contribution in [0.5, 0.6) is 0 Å². The fourth-order valence-electron chi connectivity index (χ4n) is 3.16. The average Bonchev–Trinajstić information content (AvgIpc) is 2.73. The highest BCUT2D eigenvalue weighted by Crippen LogP contribution is 2.19. The number of aliphatic hydroxyl groups excluding tert-OH is 1. The first-order valence-corrected chi connectivity index (χ1v) is 24.9. The molecular formula is C22H52O7Si5. The first-order valence-electron chi connectivity index (χ1n) is 12.8. The van der Waals surface area contributed by atoms with Gasteiger partial charge in [-0.3, -0.25) is 0 Å². The number of carbonyl (C=O) groups is 1. The monoisotopic (exact) mass is 568 g/mol. The molecule has 1 N–H and O–H groups in total. The summed E-state index contributed by atoms with van der Waals surface area (Å²) < 4.78 is 29.4. The molecule has 7 nitrogen and oxygen atoms in total. The Labute approximate surface area is 216 Å². The van der Waals surface area contributed by atoms with Gasteiger partial charge in [-0.2, -0.15) is 0 Å². The maximum atomic E-state index is 11.0. The van der Waals surface area contributed by atoms with Crippen molar-refractivity contribution < 1.29 is 31.7 Å². The van der Waals surface area contributed by atoms with Crippen LogP contribution in [0.2, 0.25) is 51.0 Å². The normalized spacial score (nSPS) is 14.4. The van der Waals surface area contributed by atoms with E-state index in [1.165, 1.54) is 44.6 Å². The van der Waals surface area contributed by atoms with Gasteiger partial charge in [0.05, 0.1) is 12.8 Å². The second-order valence-electron chi connectivity index (χ2n) is 10.8. The summed E-state index contributed by atoms with van der Waals surface area (Å²) in [5, 5.41) is 9.83. The van der Waals surface area contributed by atoms with Gasteiger partial charge in [-0.1, -0.05) is 52.0 Å². The highest BCUT2D eigenvalue weighted by molar-refractivity contribution is 6.84. The van der Waals surface area contributed by atoms with Crippen molar-refractivity contribution in [3.8, 4) is 0 Å². The van der Waals surface area contributed by atoms with Gasteiger partial charge < -0.3 is 26.9 Å². The smallest absolute Gasteiger partial charge is 0.330 e. The number of ether oxygens (including phenoxy) is 2. The van der Waals surface area contributed by atoms with Gasteiger partial charge in [-0.15, -0.1) is 0 Å². The third kappa shape index (κ3) is 20.3. The maximum Gasteiger partial charge on any atom is 0.330 e. The number of unbranched alkanes of at least 4 members (excludes halogenated alkanes) is 5. The van der Waals surface area contributed by atoms with E-state index in [1.54, 1.807) is 0 Å². The first kappa shape index (κ1) is 34.1. The molecule has 0 saturated heterocycles. The van der Waals surface area contributed by atoms with Crippen LogP contribution >= 0.6 is 0 Å². The van der Waals surface area contributed by atoms with Gasteiger partial charge in [0.1, 0.15) is 22.5 Å². The maximum absolute atomic E-state index is 11.0. The highest BCUT2D eigenvalue weighted by Gasteiger charge is 2.29. The van der Waals surface area contributed by atoms with Crippen LogP contribution in [0.3, 0.4) is 0 Å². The summed E-state index contributed by atoms with van der Waals surface area (Å²) >= 11 is 0. The minimum Gasteiger partial charge on any atom is -0.461 e. The van der Waals surface area contributed by atoms with E-state index in [4.69, 9.17) is 21.8 Å². The Kier molecular flexibility index (Phi) is 18.4. The van der Waals surface area contributed by atoms with Crippen molar-refractivity contribution in [2.45, 2.75) is 103 Å². The molecule has 0 heterocycles. The van der Waals surface area contributed by atoms with Crippen molar-refractivity contribution in [3.63, 3.8) is 0 Å². The Morgan fingerprint density at radius 2 is 1.53 bits per heavy atom. The number of rotatable bonds is 22. The van der Waals surface area contributed by atoms with Crippen LogP contribution in [-0.4, -0.2) is 81.3 Å². The zero-order chi connectivity index (χ0) is 26.1. The molecule has 1 unspecified atom stereocenters. The van der Waals surface area contributed by atoms with Crippen molar-refractivity contribution in [1.29, 1.82) is 0 Å². The second kappa shape index (κ2) is 18.4. The summed E-state index contributed by atoms with van der Waals surface area (Å²) in [4.78, 5) is 11.0. The van der Waals surface area contributed by atoms with Gasteiger partial charge in [-0.25, -0.2) is 4.79 Å². The Hall–Kier alpha value is 0.0944. The fourth-order valence-corrected chi connectivity index (χ4v) is 16.5. The van der Waals surface area contributed by atoms with Crippen molar-refractivity contribution in [2.75, 3.05) is 19.4 Å². The minimum absolute atomic E-state index is 0.101. The lowest BCUT2D eigenvalue weighted by molar-refractivity contribution is -0.141. The molecule has 0 aromatic heterocycles. The van der Waals surface area contributed by atoms with Crippen LogP contribution in [-0.2, 0) is 26.6 Å². The van der Waals surface area contributed by atoms with E-state index in [1.807, 2.05) is 0 Å². The molecule has 0 radical (unpaired) electrons. The molecule has 0 aromatic rings. The molecule has 34 heavy (non-hydrogen) atoms. The first-order chi connectivity index (χ1) is 15.8. The zero-order valence-electron chi connectivity index (χ0n) is 23.0. The van der Waals surface area contributed by atoms with E-state index in [2.05, 4.69) is 52.8 Å². The van der Waals surface area contributed by atoms with E-state index >= 15 is 0 Å². The Morgan fingerprint density at radius 3 is 2.18 bits per heavy atom. The molecule has 0 fully saturated rings. The molecule has 1 atom stereocenters. The van der Waals surface area contributed by atoms with Crippen LogP contribution < -0.4 is 0 Å². The summed E-state index contributed by atoms with van der Waals surface area (Å²) in [6.07, 6.45) is 8.75. The molecule has 0 aliphatic rings. The molecule has 0 bridgehead atoms. The van der Waals surface area contributed by atoms with Crippen molar-refractivity contribution in [2.24, 2.45) is 0 Å². The molecule has 0 rings (SSSR count). The van der Waals surface area contributed by atoms with Crippen molar-refractivity contribution in [1.82, 2.24) is 0 Å². The Bertz CT molecular complexity index is 562. The van der Waals surface area contributed by atoms with Gasteiger partial charge in [-0.05, 0) is 51.0 Å². The predicted octanol–water partition coefficient (Wildman–Crippen LogP) is 3.70. The Balaban J connectivity index is 4.04. The number of carbonyl (C=O) groups excluding carboxylic acids is 1. The van der Waals surface area contributed by atoms with E-state index in [0.717, 1.165) is 11.7 Å². The number of esters is 1. The largest absolute Gasteiger partial charge is 0.461 e. The number of hydrogen-bond acceptors (Lipinski definition) is 7. The van der Waals surface area contributed by atoms with Crippen LogP contribution in [0.15, 0.2) is 12.7 Å². The van der Waals surface area contributed by atoms with Gasteiger partial charge in [0.2, 0.25) is 8.32 Å². The second-order valence-corrected chi connectivity index (χ2v) is 28.3. The summed E-state index contributed by atoms with van der Waals surface area (Å²) in [5.41, 5.74) is 1.13. The van der Waals surface area contributed by atoms with E-state index in [9.17, 15) is 9.90 Å². The molecule has 0 spiro atoms. The standard InChI is InChI=1S/C22H52O7Si5/c1-9-11-12-13-14-15-16-32(3,4)27-30-20-34(7,8)29-31-28-33(5,6)19-25-17-21(23)18-26-22(24)10-2/h10,21,23H,2,9,11-20,30-31H2,1,3-8H3. The van der Waals surface area contributed by atoms with Crippen LogP contribution in [0.1, 0.15) is 45.4 Å². The van der Waals surface area contributed by atoms with Gasteiger partial charge in [0.25, 0.3) is 10.0 Å². The lowest BCUT2D eigenvalue weighted by Gasteiger charge is -2.29. The Morgan fingerprint density at radius 1 is 0.912 bits per heavy atom. The third-order valence-electron chi connectivity index (χ3n) is 5.57. The van der Waals surface area contributed by atoms with E-state index < -0.39 is 56.8 Å². The fraction of sp³-hybridized carbons (Fsp3) is 0.864. The van der Waals surface area contributed by atoms with Crippen LogP contribution in [0, 0.1) is 0 Å². The molecule has 0 saturated carbocycles. The summed E-state index contributed by atoms with van der Waals surface area (Å²) in [6, 6.07) is 1.28. The van der Waals surface area contributed by atoms with Crippen LogP contribution in [0.4, 0.5) is 0 Å². The van der Waals surface area contributed by atoms with Crippen molar-refractivity contribution >= 4 is 50.7 Å². The molecule has 202 valence electrons. The van der Waals surface area contributed by atoms with Crippen LogP contribution in [0.25, 0.3) is 0 Å². The molecule has 12 heteroatoms. The molecule has 0 aromatic carbocycles. The zero-order valence-corrected chi connectivity index (χ0v) is 28.8. The summed E-state index contributed by atoms with van der Waals surface area (Å²) in [5.74, 6) is -0.552. The lowest BCUT2D eigenvalue weighted by atomic mass is 10.1. The van der Waals surface area contributed by atoms with E-state index in [-0.39, 0.29) is 13.2 Å². The molecular weight excluding hydrogens is 517 g/mol. The molecule has 0 aliphatic carbocycles. The van der Waals surface area contributed by atoms with Gasteiger partial charge in [0, 0.05) is 6.08 Å². The average molecular weight is 569 g/mol. The third-order valence-corrected chi connectivity index (χ3v) is 24.8. The summed E-state index contributed by atoms with van der Waals surface area (Å²) in [6.45, 7) is 19.1. The summed E-state index contributed by atoms with van der Waals surface area (Å²) in [7, 11) is -6.93. The molecule has 0 aliphatic heterocycles. The van der Waals surface area contributed by atoms with Gasteiger partial charge >= 0.3 is 5.97 Å². The number of hydrogen-bond donors (Lipinski definition) is 1. The predicted molar refractivity (Wildman–Crippen MR) is 154 cm³/mol. The lowest BCUT2D eigenvalue weighted by Crippen LogP contribution is -2.44.